The Bertz CT molecular complexity index is 2080. The molecule has 4 heterocycles. The average molecular weight is 830 g/mol. The van der Waals surface area contributed by atoms with Crippen LogP contribution in [-0.2, 0) is 6.42 Å². The van der Waals surface area contributed by atoms with E-state index < -0.39 is 11.6 Å². The summed E-state index contributed by atoms with van der Waals surface area (Å²) < 4.78 is 42.5. The van der Waals surface area contributed by atoms with Gasteiger partial charge in [-0.05, 0) is 116 Å². The number of benzene rings is 2. The minimum absolute atomic E-state index is 0.0197. The van der Waals surface area contributed by atoms with Gasteiger partial charge in [-0.15, -0.1) is 5.10 Å². The monoisotopic (exact) mass is 827 g/mol. The molecule has 2 aromatic carbocycles. The van der Waals surface area contributed by atoms with Crippen molar-refractivity contribution in [3.05, 3.63) is 86.7 Å². The first-order valence-corrected chi connectivity index (χ1v) is 19.6. The van der Waals surface area contributed by atoms with E-state index in [0.717, 1.165) is 62.5 Å². The standard InChI is InChI=1S/C25H28ClFN6O.C12H10BrClFN3O/c1-15-9-24(29-14-28-15)32-12-16-5-6-17(13-32)20(16)11-23-30-25(33(31-23)18-3-2-4-18)34-19-7-8-22(27)21(26)10-19;13-11-16-12(18(17-11)7-2-1-3-7)19-8-4-5-10(15)9(14)6-8/h7-10,14,16-18,20H,2-6,11-13H2,1H3;4-7H,1-3H2/t16-,17+,20?;. The fraction of sp³-hybridized carbons (Fsp3) is 0.459. The normalized spacial score (nSPS) is 21.1. The second-order valence-electron chi connectivity index (χ2n) is 14.3. The lowest BCUT2D eigenvalue weighted by atomic mass is 9.82. The van der Waals surface area contributed by atoms with Crippen LogP contribution in [0.4, 0.5) is 14.6 Å². The molecule has 3 aromatic heterocycles. The molecule has 1 unspecified atom stereocenters. The van der Waals surface area contributed by atoms with Gasteiger partial charge in [-0.3, -0.25) is 0 Å². The maximum atomic E-state index is 13.6. The molecule has 5 aromatic rings. The van der Waals surface area contributed by atoms with Crippen molar-refractivity contribution in [1.82, 2.24) is 39.5 Å². The van der Waals surface area contributed by atoms with Gasteiger partial charge in [-0.25, -0.2) is 28.1 Å². The molecule has 53 heavy (non-hydrogen) atoms. The van der Waals surface area contributed by atoms with Crippen LogP contribution < -0.4 is 14.4 Å². The van der Waals surface area contributed by atoms with Crippen LogP contribution in [0, 0.1) is 36.3 Å². The first-order valence-electron chi connectivity index (χ1n) is 18.0. The Hall–Kier alpha value is -3.88. The maximum absolute atomic E-state index is 13.6. The zero-order valence-electron chi connectivity index (χ0n) is 29.0. The Morgan fingerprint density at radius 2 is 1.32 bits per heavy atom. The molecule has 9 rings (SSSR count). The number of hydrogen-bond donors (Lipinski definition) is 0. The summed E-state index contributed by atoms with van der Waals surface area (Å²) in [6, 6.07) is 12.1. The van der Waals surface area contributed by atoms with Gasteiger partial charge >= 0.3 is 12.0 Å². The molecule has 4 fully saturated rings. The fourth-order valence-corrected chi connectivity index (χ4v) is 8.23. The van der Waals surface area contributed by atoms with Gasteiger partial charge in [0, 0.05) is 43.4 Å². The first kappa shape index (κ1) is 36.1. The summed E-state index contributed by atoms with van der Waals surface area (Å²) in [6.07, 6.45) is 11.6. The van der Waals surface area contributed by atoms with E-state index in [1.807, 2.05) is 11.6 Å². The number of piperidine rings is 1. The van der Waals surface area contributed by atoms with Crippen LogP contribution in [0.15, 0.2) is 53.5 Å². The average Bonchev–Trinajstić information content (AvgIpc) is 3.70. The van der Waals surface area contributed by atoms with Crippen molar-refractivity contribution < 1.29 is 18.3 Å². The van der Waals surface area contributed by atoms with Gasteiger partial charge < -0.3 is 14.4 Å². The fourth-order valence-electron chi connectivity index (χ4n) is 7.57. The molecule has 0 radical (unpaired) electrons. The summed E-state index contributed by atoms with van der Waals surface area (Å²) in [5.41, 5.74) is 1.00. The third-order valence-electron chi connectivity index (χ3n) is 10.8. The first-order chi connectivity index (χ1) is 25.7. The van der Waals surface area contributed by atoms with Gasteiger partial charge in [0.2, 0.25) is 4.73 Å². The summed E-state index contributed by atoms with van der Waals surface area (Å²) >= 11 is 14.9. The molecule has 3 aliphatic carbocycles. The molecule has 0 amide bonds. The van der Waals surface area contributed by atoms with E-state index >= 15 is 0 Å². The second kappa shape index (κ2) is 15.5. The van der Waals surface area contributed by atoms with Crippen molar-refractivity contribution in [2.24, 2.45) is 17.8 Å². The number of aromatic nitrogens is 8. The lowest BCUT2D eigenvalue weighted by Gasteiger charge is -2.38. The highest BCUT2D eigenvalue weighted by Crippen LogP contribution is 2.45. The highest BCUT2D eigenvalue weighted by atomic mass is 79.9. The van der Waals surface area contributed by atoms with E-state index in [9.17, 15) is 8.78 Å². The van der Waals surface area contributed by atoms with Crippen LogP contribution in [-0.4, -0.2) is 52.6 Å². The highest BCUT2D eigenvalue weighted by Gasteiger charge is 2.43. The number of halogens is 5. The van der Waals surface area contributed by atoms with Crippen molar-refractivity contribution in [2.45, 2.75) is 76.8 Å². The van der Waals surface area contributed by atoms with Crippen molar-refractivity contribution in [3.8, 4) is 23.5 Å². The van der Waals surface area contributed by atoms with E-state index in [1.165, 1.54) is 56.0 Å². The van der Waals surface area contributed by atoms with E-state index in [-0.39, 0.29) is 10.0 Å². The van der Waals surface area contributed by atoms with Gasteiger partial charge in [0.05, 0.1) is 22.1 Å². The van der Waals surface area contributed by atoms with Gasteiger partial charge in [0.25, 0.3) is 0 Å². The number of aryl methyl sites for hydroxylation is 1. The summed E-state index contributed by atoms with van der Waals surface area (Å²) in [6.45, 7) is 4.03. The Balaban J connectivity index is 0.000000178. The zero-order chi connectivity index (χ0) is 36.6. The SMILES string of the molecule is Cc1cc(N2C[C@H]3CC[C@@H](C2)C3Cc2nc(Oc3ccc(F)c(Cl)c3)n(C3CCC3)n2)ncn1.Fc1ccc(Oc2nc(Br)nn2C2CCC2)cc1Cl. The molecule has 2 bridgehead atoms. The largest absolute Gasteiger partial charge is 0.424 e. The molecule has 1 saturated heterocycles. The van der Waals surface area contributed by atoms with Crippen LogP contribution in [0.1, 0.15) is 75.0 Å². The molecule has 1 aliphatic heterocycles. The summed E-state index contributed by atoms with van der Waals surface area (Å²) in [5, 5.41) is 9.20. The molecule has 3 atom stereocenters. The summed E-state index contributed by atoms with van der Waals surface area (Å²) in [5.74, 6) is 3.60. The molecule has 11 nitrogen and oxygen atoms in total. The maximum Gasteiger partial charge on any atom is 0.321 e. The molecular weight excluding hydrogens is 791 g/mol. The molecule has 16 heteroatoms. The number of fused-ring (bicyclic) bond motifs is 2. The predicted molar refractivity (Wildman–Crippen MR) is 199 cm³/mol. The second-order valence-corrected chi connectivity index (χ2v) is 15.8. The highest BCUT2D eigenvalue weighted by molar-refractivity contribution is 9.10. The summed E-state index contributed by atoms with van der Waals surface area (Å²) in [4.78, 5) is 20.1. The van der Waals surface area contributed by atoms with Crippen LogP contribution >= 0.6 is 39.1 Å². The smallest absolute Gasteiger partial charge is 0.321 e. The summed E-state index contributed by atoms with van der Waals surface area (Å²) in [7, 11) is 0. The van der Waals surface area contributed by atoms with Gasteiger partial charge in [0.1, 0.15) is 35.3 Å². The van der Waals surface area contributed by atoms with Crippen molar-refractivity contribution >= 4 is 44.9 Å². The quantitative estimate of drug-likeness (QED) is 0.144. The Labute approximate surface area is 324 Å². The molecule has 4 aliphatic rings. The topological polar surface area (TPSA) is 109 Å². The molecule has 0 spiro atoms. The van der Waals surface area contributed by atoms with E-state index in [4.69, 9.17) is 42.8 Å². The number of rotatable bonds is 9. The Morgan fingerprint density at radius 1 is 0.755 bits per heavy atom. The molecular formula is C37H38BrCl2F2N9O2. The molecule has 278 valence electrons. The molecule has 3 saturated carbocycles. The lowest BCUT2D eigenvalue weighted by molar-refractivity contribution is 0.252. The van der Waals surface area contributed by atoms with Crippen LogP contribution in [0.25, 0.3) is 0 Å². The number of ether oxygens (including phenoxy) is 2. The van der Waals surface area contributed by atoms with E-state index in [2.05, 4.69) is 46.9 Å². The van der Waals surface area contributed by atoms with Crippen LogP contribution in [0.5, 0.6) is 23.5 Å². The molecule has 0 N–H and O–H groups in total. The zero-order valence-corrected chi connectivity index (χ0v) is 32.1. The van der Waals surface area contributed by atoms with Crippen molar-refractivity contribution in [1.29, 1.82) is 0 Å². The Morgan fingerprint density at radius 3 is 1.85 bits per heavy atom. The van der Waals surface area contributed by atoms with E-state index in [0.29, 0.717) is 58.1 Å². The number of hydrogen-bond acceptors (Lipinski definition) is 9. The minimum Gasteiger partial charge on any atom is -0.424 e. The third kappa shape index (κ3) is 8.00. The van der Waals surface area contributed by atoms with E-state index in [1.54, 1.807) is 17.1 Å². The third-order valence-corrected chi connectivity index (χ3v) is 11.7. The Kier molecular flexibility index (Phi) is 10.5. The van der Waals surface area contributed by atoms with Crippen molar-refractivity contribution in [3.63, 3.8) is 0 Å². The van der Waals surface area contributed by atoms with Gasteiger partial charge in [-0.1, -0.05) is 23.2 Å². The van der Waals surface area contributed by atoms with Crippen molar-refractivity contribution in [2.75, 3.05) is 18.0 Å². The lowest BCUT2D eigenvalue weighted by Crippen LogP contribution is -2.43. The van der Waals surface area contributed by atoms with Crippen LogP contribution in [0.2, 0.25) is 10.0 Å². The number of anilines is 1. The van der Waals surface area contributed by atoms with Gasteiger partial charge in [0.15, 0.2) is 5.82 Å². The van der Waals surface area contributed by atoms with Crippen LogP contribution in [0.3, 0.4) is 0 Å². The minimum atomic E-state index is -0.476. The predicted octanol–water partition coefficient (Wildman–Crippen LogP) is 9.74. The number of nitrogens with zero attached hydrogens (tertiary/aromatic N) is 9. The van der Waals surface area contributed by atoms with Gasteiger partial charge in [-0.2, -0.15) is 15.1 Å².